The molecule has 1 aliphatic carbocycles. The number of carbonyl (C=O) groups is 2. The Bertz CT molecular complexity index is 338. The second kappa shape index (κ2) is 6.26. The van der Waals surface area contributed by atoms with Crippen LogP contribution in [-0.2, 0) is 4.79 Å². The van der Waals surface area contributed by atoms with Crippen LogP contribution in [0.4, 0.5) is 4.79 Å². The highest BCUT2D eigenvalue weighted by Gasteiger charge is 2.35. The lowest BCUT2D eigenvalue weighted by atomic mass is 9.95. The van der Waals surface area contributed by atoms with Crippen LogP contribution in [0, 0.1) is 0 Å². The smallest absolute Gasteiger partial charge is 0.320 e. The number of hydrogen-bond donors (Lipinski definition) is 1. The van der Waals surface area contributed by atoms with Crippen LogP contribution in [0.3, 0.4) is 0 Å². The summed E-state index contributed by atoms with van der Waals surface area (Å²) < 4.78 is 0. The number of urea groups is 1. The normalized spacial score (nSPS) is 24.3. The van der Waals surface area contributed by atoms with Crippen LogP contribution >= 0.6 is 0 Å². The Morgan fingerprint density at radius 1 is 1.05 bits per heavy atom. The Balaban J connectivity index is 1.91. The number of nitrogens with one attached hydrogen (secondary N) is 1. The highest BCUT2D eigenvalue weighted by Crippen LogP contribution is 2.21. The lowest BCUT2D eigenvalue weighted by molar-refractivity contribution is -0.125. The van der Waals surface area contributed by atoms with Crippen LogP contribution in [0.15, 0.2) is 0 Å². The Hall–Kier alpha value is -1.26. The minimum atomic E-state index is -0.267. The molecule has 1 saturated heterocycles. The van der Waals surface area contributed by atoms with Crippen molar-refractivity contribution >= 4 is 11.9 Å². The molecule has 1 heterocycles. The lowest BCUT2D eigenvalue weighted by Crippen LogP contribution is -2.51. The molecule has 0 radical (unpaired) electrons. The van der Waals surface area contributed by atoms with Gasteiger partial charge in [0.1, 0.15) is 6.04 Å². The molecule has 1 aliphatic heterocycles. The van der Waals surface area contributed by atoms with Gasteiger partial charge in [0.05, 0.1) is 0 Å². The fourth-order valence-corrected chi connectivity index (χ4v) is 3.07. The molecule has 5 heteroatoms. The molecule has 0 spiro atoms. The van der Waals surface area contributed by atoms with Crippen molar-refractivity contribution in [2.45, 2.75) is 57.0 Å². The summed E-state index contributed by atoms with van der Waals surface area (Å²) in [7, 11) is 3.47. The highest BCUT2D eigenvalue weighted by atomic mass is 16.2. The van der Waals surface area contributed by atoms with E-state index in [1.165, 1.54) is 19.3 Å². The van der Waals surface area contributed by atoms with Gasteiger partial charge in [-0.2, -0.15) is 0 Å². The minimum absolute atomic E-state index is 0.0413. The molecule has 2 fully saturated rings. The van der Waals surface area contributed by atoms with Gasteiger partial charge in [0, 0.05) is 26.7 Å². The maximum absolute atomic E-state index is 12.3. The van der Waals surface area contributed by atoms with Gasteiger partial charge in [0.25, 0.3) is 0 Å². The molecule has 1 atom stereocenters. The number of carbonyl (C=O) groups excluding carboxylic acids is 2. The van der Waals surface area contributed by atoms with Crippen molar-refractivity contribution in [2.75, 3.05) is 20.6 Å². The zero-order valence-corrected chi connectivity index (χ0v) is 12.0. The summed E-state index contributed by atoms with van der Waals surface area (Å²) in [5.74, 6) is 0.0413. The molecule has 2 rings (SSSR count). The molecule has 5 nitrogen and oxygen atoms in total. The summed E-state index contributed by atoms with van der Waals surface area (Å²) in [5.41, 5.74) is 0. The van der Waals surface area contributed by atoms with Gasteiger partial charge in [-0.3, -0.25) is 4.79 Å². The fourth-order valence-electron chi connectivity index (χ4n) is 3.07. The van der Waals surface area contributed by atoms with Crippen LogP contribution in [0.5, 0.6) is 0 Å². The molecule has 108 valence electrons. The van der Waals surface area contributed by atoms with Gasteiger partial charge >= 0.3 is 6.03 Å². The van der Waals surface area contributed by atoms with Gasteiger partial charge < -0.3 is 15.1 Å². The maximum atomic E-state index is 12.3. The van der Waals surface area contributed by atoms with E-state index in [1.54, 1.807) is 23.9 Å². The molecule has 1 saturated carbocycles. The Morgan fingerprint density at radius 3 is 2.37 bits per heavy atom. The predicted molar refractivity (Wildman–Crippen MR) is 73.8 cm³/mol. The minimum Gasteiger partial charge on any atom is -0.352 e. The first kappa shape index (κ1) is 14.2. The summed E-state index contributed by atoms with van der Waals surface area (Å²) >= 11 is 0. The SMILES string of the molecule is CN(C)C(=O)N1CCC[C@@H]1C(=O)NC1CCCCC1. The van der Waals surface area contributed by atoms with Crippen molar-refractivity contribution in [2.24, 2.45) is 0 Å². The fraction of sp³-hybridized carbons (Fsp3) is 0.857. The third-order valence-electron chi connectivity index (χ3n) is 4.14. The van der Waals surface area contributed by atoms with Crippen molar-refractivity contribution in [3.05, 3.63) is 0 Å². The molecule has 0 unspecified atom stereocenters. The van der Waals surface area contributed by atoms with E-state index in [0.717, 1.165) is 25.7 Å². The first-order valence-corrected chi connectivity index (χ1v) is 7.38. The van der Waals surface area contributed by atoms with Crippen molar-refractivity contribution in [1.29, 1.82) is 0 Å². The molecule has 1 N–H and O–H groups in total. The standard InChI is InChI=1S/C14H25N3O2/c1-16(2)14(19)17-10-6-9-12(17)13(18)15-11-7-4-3-5-8-11/h11-12H,3-10H2,1-2H3,(H,15,18)/t12-/m1/s1. The van der Waals surface area contributed by atoms with Gasteiger partial charge in [-0.25, -0.2) is 4.79 Å². The number of likely N-dealkylation sites (tertiary alicyclic amines) is 1. The summed E-state index contributed by atoms with van der Waals surface area (Å²) in [6.45, 7) is 0.694. The van der Waals surface area contributed by atoms with E-state index in [0.29, 0.717) is 12.6 Å². The van der Waals surface area contributed by atoms with Gasteiger partial charge in [0.2, 0.25) is 5.91 Å². The number of hydrogen-bond acceptors (Lipinski definition) is 2. The van der Waals surface area contributed by atoms with Gasteiger partial charge in [-0.1, -0.05) is 19.3 Å². The topological polar surface area (TPSA) is 52.7 Å². The van der Waals surface area contributed by atoms with E-state index in [4.69, 9.17) is 0 Å². The quantitative estimate of drug-likeness (QED) is 0.826. The number of rotatable bonds is 2. The first-order valence-electron chi connectivity index (χ1n) is 7.38. The van der Waals surface area contributed by atoms with Crippen LogP contribution in [0.1, 0.15) is 44.9 Å². The molecular weight excluding hydrogens is 242 g/mol. The van der Waals surface area contributed by atoms with Crippen molar-refractivity contribution < 1.29 is 9.59 Å². The van der Waals surface area contributed by atoms with Crippen LogP contribution in [-0.4, -0.2) is 54.5 Å². The summed E-state index contributed by atoms with van der Waals surface area (Å²) in [6, 6.07) is -0.00345. The van der Waals surface area contributed by atoms with Crippen LogP contribution < -0.4 is 5.32 Å². The third-order valence-corrected chi connectivity index (χ3v) is 4.14. The zero-order chi connectivity index (χ0) is 13.8. The Morgan fingerprint density at radius 2 is 1.74 bits per heavy atom. The van der Waals surface area contributed by atoms with E-state index in [9.17, 15) is 9.59 Å². The molecule has 0 aromatic heterocycles. The van der Waals surface area contributed by atoms with Gasteiger partial charge in [0.15, 0.2) is 0 Å². The summed E-state index contributed by atoms with van der Waals surface area (Å²) in [6.07, 6.45) is 7.56. The highest BCUT2D eigenvalue weighted by molar-refractivity contribution is 5.87. The molecule has 0 aromatic carbocycles. The van der Waals surface area contributed by atoms with E-state index in [-0.39, 0.29) is 18.0 Å². The zero-order valence-electron chi connectivity index (χ0n) is 12.0. The summed E-state index contributed by atoms with van der Waals surface area (Å²) in [5, 5.41) is 3.13. The van der Waals surface area contributed by atoms with Gasteiger partial charge in [-0.15, -0.1) is 0 Å². The molecule has 0 aromatic rings. The monoisotopic (exact) mass is 267 g/mol. The van der Waals surface area contributed by atoms with E-state index < -0.39 is 0 Å². The maximum Gasteiger partial charge on any atom is 0.320 e. The van der Waals surface area contributed by atoms with E-state index in [1.807, 2.05) is 0 Å². The molecule has 0 bridgehead atoms. The van der Waals surface area contributed by atoms with Crippen molar-refractivity contribution in [1.82, 2.24) is 15.1 Å². The van der Waals surface area contributed by atoms with E-state index >= 15 is 0 Å². The Labute approximate surface area is 115 Å². The van der Waals surface area contributed by atoms with Crippen molar-refractivity contribution in [3.8, 4) is 0 Å². The second-order valence-electron chi connectivity index (χ2n) is 5.87. The summed E-state index contributed by atoms with van der Waals surface area (Å²) in [4.78, 5) is 27.6. The molecule has 2 aliphatic rings. The molecule has 3 amide bonds. The predicted octanol–water partition coefficient (Wildman–Crippen LogP) is 1.58. The van der Waals surface area contributed by atoms with Crippen LogP contribution in [0.2, 0.25) is 0 Å². The molecular formula is C14H25N3O2. The number of amides is 3. The molecule has 19 heavy (non-hydrogen) atoms. The van der Waals surface area contributed by atoms with Crippen LogP contribution in [0.25, 0.3) is 0 Å². The van der Waals surface area contributed by atoms with Gasteiger partial charge in [-0.05, 0) is 25.7 Å². The first-order chi connectivity index (χ1) is 9.09. The lowest BCUT2D eigenvalue weighted by Gasteiger charge is -2.29. The third kappa shape index (κ3) is 3.39. The Kier molecular flexibility index (Phi) is 4.66. The van der Waals surface area contributed by atoms with Crippen molar-refractivity contribution in [3.63, 3.8) is 0 Å². The number of nitrogens with zero attached hydrogens (tertiary/aromatic N) is 2. The average molecular weight is 267 g/mol. The average Bonchev–Trinajstić information content (AvgIpc) is 2.88. The second-order valence-corrected chi connectivity index (χ2v) is 5.87. The largest absolute Gasteiger partial charge is 0.352 e. The van der Waals surface area contributed by atoms with E-state index in [2.05, 4.69) is 5.32 Å².